The van der Waals surface area contributed by atoms with Gasteiger partial charge in [-0.25, -0.2) is 0 Å². The molecule has 7 nitrogen and oxygen atoms in total. The van der Waals surface area contributed by atoms with E-state index in [4.69, 9.17) is 0 Å². The van der Waals surface area contributed by atoms with Crippen LogP contribution in [0.3, 0.4) is 0 Å². The molecule has 0 saturated heterocycles. The van der Waals surface area contributed by atoms with Gasteiger partial charge in [-0.15, -0.1) is 0 Å². The Kier molecular flexibility index (Phi) is 7.59. The second kappa shape index (κ2) is 10.8. The van der Waals surface area contributed by atoms with Gasteiger partial charge < -0.3 is 20.9 Å². The highest BCUT2D eigenvalue weighted by atomic mass is 16.2. The summed E-state index contributed by atoms with van der Waals surface area (Å²) in [6.07, 6.45) is 0. The Labute approximate surface area is 187 Å². The van der Waals surface area contributed by atoms with Crippen LogP contribution in [0.15, 0.2) is 78.9 Å². The molecule has 0 spiro atoms. The molecule has 0 aliphatic carbocycles. The minimum Gasteiger partial charge on any atom is -0.376 e. The van der Waals surface area contributed by atoms with E-state index in [9.17, 15) is 14.4 Å². The summed E-state index contributed by atoms with van der Waals surface area (Å²) in [5.74, 6) is -0.475. The Balaban J connectivity index is 1.45. The second-order valence-electron chi connectivity index (χ2n) is 7.42. The fraction of sp³-hybridized carbons (Fsp3) is 0.160. The number of rotatable bonds is 8. The molecule has 3 rings (SSSR count). The number of hydrogen-bond donors (Lipinski definition) is 3. The lowest BCUT2D eigenvalue weighted by molar-refractivity contribution is -0.114. The smallest absolute Gasteiger partial charge is 0.253 e. The molecule has 3 aromatic carbocycles. The molecule has 3 aromatic rings. The average molecular weight is 431 g/mol. The number of carbonyl (C=O) groups excluding carboxylic acids is 3. The first-order chi connectivity index (χ1) is 15.4. The van der Waals surface area contributed by atoms with Gasteiger partial charge in [0.2, 0.25) is 5.91 Å². The Morgan fingerprint density at radius 3 is 1.97 bits per heavy atom. The van der Waals surface area contributed by atoms with Gasteiger partial charge in [0.05, 0.1) is 6.54 Å². The monoisotopic (exact) mass is 430 g/mol. The maximum absolute atomic E-state index is 12.3. The molecule has 0 unspecified atom stereocenters. The molecular weight excluding hydrogens is 404 g/mol. The molecule has 0 aliphatic rings. The zero-order valence-corrected chi connectivity index (χ0v) is 18.1. The molecule has 32 heavy (non-hydrogen) atoms. The number of nitrogens with zero attached hydrogens (tertiary/aromatic N) is 1. The van der Waals surface area contributed by atoms with Crippen LogP contribution >= 0.6 is 0 Å². The number of carbonyl (C=O) groups is 3. The van der Waals surface area contributed by atoms with Gasteiger partial charge in [-0.1, -0.05) is 30.3 Å². The van der Waals surface area contributed by atoms with E-state index >= 15 is 0 Å². The average Bonchev–Trinajstić information content (AvgIpc) is 2.82. The summed E-state index contributed by atoms with van der Waals surface area (Å²) >= 11 is 0. The van der Waals surface area contributed by atoms with Crippen molar-refractivity contribution in [3.8, 4) is 0 Å². The molecule has 0 fully saturated rings. The Morgan fingerprint density at radius 2 is 1.34 bits per heavy atom. The quantitative estimate of drug-likeness (QED) is 0.511. The first-order valence-electron chi connectivity index (χ1n) is 10.2. The van der Waals surface area contributed by atoms with Crippen molar-refractivity contribution in [2.75, 3.05) is 31.3 Å². The number of hydrogen-bond acceptors (Lipinski definition) is 4. The van der Waals surface area contributed by atoms with E-state index in [0.29, 0.717) is 23.4 Å². The van der Waals surface area contributed by atoms with Crippen LogP contribution in [0.25, 0.3) is 0 Å². The first kappa shape index (κ1) is 22.6. The molecule has 3 N–H and O–H groups in total. The van der Waals surface area contributed by atoms with Crippen LogP contribution in [0, 0.1) is 0 Å². The van der Waals surface area contributed by atoms with Gasteiger partial charge in [0.25, 0.3) is 11.8 Å². The Morgan fingerprint density at radius 1 is 0.750 bits per heavy atom. The van der Waals surface area contributed by atoms with Crippen LogP contribution in [0.2, 0.25) is 0 Å². The highest BCUT2D eigenvalue weighted by Gasteiger charge is 2.09. The molecule has 0 heterocycles. The largest absolute Gasteiger partial charge is 0.376 e. The standard InChI is InChI=1S/C25H26N4O3/c1-29(2)25(32)20-10-14-22(15-11-20)28-23(30)17-26-21-12-8-19(9-13-21)24(31)27-16-18-6-4-3-5-7-18/h3-15,26H,16-17H2,1-2H3,(H,27,31)(H,28,30). The molecule has 164 valence electrons. The summed E-state index contributed by atoms with van der Waals surface area (Å²) in [7, 11) is 3.38. The Bertz CT molecular complexity index is 1060. The number of nitrogens with one attached hydrogen (secondary N) is 3. The maximum atomic E-state index is 12.3. The third-order valence-corrected chi connectivity index (χ3v) is 4.72. The third kappa shape index (κ3) is 6.43. The summed E-state index contributed by atoms with van der Waals surface area (Å²) in [6, 6.07) is 23.4. The Hall–Kier alpha value is -4.13. The van der Waals surface area contributed by atoms with Crippen LogP contribution in [0.1, 0.15) is 26.3 Å². The lowest BCUT2D eigenvalue weighted by Gasteiger charge is -2.11. The molecule has 3 amide bonds. The fourth-order valence-corrected chi connectivity index (χ4v) is 2.96. The van der Waals surface area contributed by atoms with Gasteiger partial charge in [-0.3, -0.25) is 14.4 Å². The van der Waals surface area contributed by atoms with E-state index in [1.54, 1.807) is 62.6 Å². The molecule has 0 saturated carbocycles. The van der Waals surface area contributed by atoms with Crippen molar-refractivity contribution in [1.82, 2.24) is 10.2 Å². The van der Waals surface area contributed by atoms with Crippen LogP contribution in [-0.4, -0.2) is 43.3 Å². The number of anilines is 2. The van der Waals surface area contributed by atoms with Crippen molar-refractivity contribution < 1.29 is 14.4 Å². The normalized spacial score (nSPS) is 10.2. The molecule has 0 aliphatic heterocycles. The topological polar surface area (TPSA) is 90.5 Å². The molecule has 0 radical (unpaired) electrons. The van der Waals surface area contributed by atoms with Gasteiger partial charge in [0.1, 0.15) is 0 Å². The fourth-order valence-electron chi connectivity index (χ4n) is 2.96. The lowest BCUT2D eigenvalue weighted by atomic mass is 10.1. The van der Waals surface area contributed by atoms with Crippen LogP contribution in [0.5, 0.6) is 0 Å². The van der Waals surface area contributed by atoms with Gasteiger partial charge in [-0.05, 0) is 54.1 Å². The van der Waals surface area contributed by atoms with Crippen molar-refractivity contribution in [3.63, 3.8) is 0 Å². The van der Waals surface area contributed by atoms with Crippen LogP contribution in [-0.2, 0) is 11.3 Å². The molecule has 0 atom stereocenters. The SMILES string of the molecule is CN(C)C(=O)c1ccc(NC(=O)CNc2ccc(C(=O)NCc3ccccc3)cc2)cc1. The maximum Gasteiger partial charge on any atom is 0.253 e. The minimum atomic E-state index is -0.221. The van der Waals surface area contributed by atoms with Gasteiger partial charge in [-0.2, -0.15) is 0 Å². The molecule has 7 heteroatoms. The predicted octanol–water partition coefficient (Wildman–Crippen LogP) is 3.37. The van der Waals surface area contributed by atoms with Crippen molar-refractivity contribution in [1.29, 1.82) is 0 Å². The molecule has 0 aromatic heterocycles. The van der Waals surface area contributed by atoms with E-state index in [1.807, 2.05) is 30.3 Å². The number of benzene rings is 3. The van der Waals surface area contributed by atoms with Gasteiger partial charge >= 0.3 is 0 Å². The number of amides is 3. The van der Waals surface area contributed by atoms with Gasteiger partial charge in [0, 0.05) is 43.1 Å². The van der Waals surface area contributed by atoms with Crippen molar-refractivity contribution in [2.24, 2.45) is 0 Å². The summed E-state index contributed by atoms with van der Waals surface area (Å²) < 4.78 is 0. The summed E-state index contributed by atoms with van der Waals surface area (Å²) in [5, 5.41) is 8.69. The van der Waals surface area contributed by atoms with E-state index in [-0.39, 0.29) is 24.3 Å². The second-order valence-corrected chi connectivity index (χ2v) is 7.42. The van der Waals surface area contributed by atoms with Crippen LogP contribution in [0.4, 0.5) is 11.4 Å². The van der Waals surface area contributed by atoms with Crippen LogP contribution < -0.4 is 16.0 Å². The highest BCUT2D eigenvalue weighted by molar-refractivity contribution is 5.97. The first-order valence-corrected chi connectivity index (χ1v) is 10.2. The highest BCUT2D eigenvalue weighted by Crippen LogP contribution is 2.12. The van der Waals surface area contributed by atoms with Crippen molar-refractivity contribution in [2.45, 2.75) is 6.54 Å². The zero-order valence-electron chi connectivity index (χ0n) is 18.1. The predicted molar refractivity (Wildman–Crippen MR) is 126 cm³/mol. The van der Waals surface area contributed by atoms with Crippen molar-refractivity contribution >= 4 is 29.1 Å². The minimum absolute atomic E-state index is 0.0674. The third-order valence-electron chi connectivity index (χ3n) is 4.72. The summed E-state index contributed by atoms with van der Waals surface area (Å²) in [6.45, 7) is 0.530. The van der Waals surface area contributed by atoms with E-state index < -0.39 is 0 Å². The van der Waals surface area contributed by atoms with E-state index in [2.05, 4.69) is 16.0 Å². The summed E-state index contributed by atoms with van der Waals surface area (Å²) in [4.78, 5) is 37.9. The summed E-state index contributed by atoms with van der Waals surface area (Å²) in [5.41, 5.74) is 3.47. The van der Waals surface area contributed by atoms with Gasteiger partial charge in [0.15, 0.2) is 0 Å². The van der Waals surface area contributed by atoms with E-state index in [1.165, 1.54) is 4.90 Å². The molecular formula is C25H26N4O3. The lowest BCUT2D eigenvalue weighted by Crippen LogP contribution is -2.23. The zero-order chi connectivity index (χ0) is 22.9. The molecule has 0 bridgehead atoms. The van der Waals surface area contributed by atoms with E-state index in [0.717, 1.165) is 11.3 Å². The van der Waals surface area contributed by atoms with Crippen molar-refractivity contribution in [3.05, 3.63) is 95.6 Å².